The molecule has 0 radical (unpaired) electrons. The summed E-state index contributed by atoms with van der Waals surface area (Å²) in [4.78, 5) is 22.2. The summed E-state index contributed by atoms with van der Waals surface area (Å²) in [6, 6.07) is 22.4. The third-order valence-corrected chi connectivity index (χ3v) is 4.38. The molecule has 0 saturated carbocycles. The Morgan fingerprint density at radius 2 is 1.67 bits per heavy atom. The molecule has 2 aromatic carbocycles. The van der Waals surface area contributed by atoms with Gasteiger partial charge < -0.3 is 15.6 Å². The number of nitrogen functional groups attached to an aromatic ring is 1. The number of rotatable bonds is 3. The number of carbonyl (C=O) groups is 2. The zero-order chi connectivity index (χ0) is 24.0. The van der Waals surface area contributed by atoms with E-state index in [1.54, 1.807) is 24.4 Å². The van der Waals surface area contributed by atoms with E-state index in [9.17, 15) is 9.59 Å². The van der Waals surface area contributed by atoms with E-state index in [1.807, 2.05) is 69.3 Å². The molecular weight excluding hydrogens is 420 g/mol. The van der Waals surface area contributed by atoms with Crippen molar-refractivity contribution in [3.8, 4) is 11.1 Å². The normalized spacial score (nSPS) is 10.8. The monoisotopic (exact) mass is 446 g/mol. The first-order chi connectivity index (χ1) is 15.6. The summed E-state index contributed by atoms with van der Waals surface area (Å²) in [5.41, 5.74) is 9.45. The molecule has 0 aliphatic carbocycles. The van der Waals surface area contributed by atoms with Gasteiger partial charge in [-0.25, -0.2) is 14.1 Å². The van der Waals surface area contributed by atoms with Crippen LogP contribution in [0.2, 0.25) is 0 Å². The molecule has 2 aromatic heterocycles. The number of nitrogens with zero attached hydrogens (tertiary/aromatic N) is 2. The van der Waals surface area contributed by atoms with Crippen LogP contribution in [0.4, 0.5) is 16.2 Å². The second kappa shape index (κ2) is 9.86. The van der Waals surface area contributed by atoms with Gasteiger partial charge in [-0.2, -0.15) is 5.10 Å². The predicted molar refractivity (Wildman–Crippen MR) is 128 cm³/mol. The van der Waals surface area contributed by atoms with Crippen molar-refractivity contribution >= 4 is 29.0 Å². The SMILES string of the molecule is CC(C)(C)OC(=O)Nc1ccc(-c2ccccc2)cc1N.O=C(O)c1cc2ccccn2n1. The number of hydrogen-bond donors (Lipinski definition) is 3. The minimum absolute atomic E-state index is 0.0706. The fourth-order valence-corrected chi connectivity index (χ4v) is 2.94. The lowest BCUT2D eigenvalue weighted by Crippen LogP contribution is -2.27. The number of fused-ring (bicyclic) bond motifs is 1. The molecule has 4 rings (SSSR count). The summed E-state index contributed by atoms with van der Waals surface area (Å²) in [7, 11) is 0. The first kappa shape index (κ1) is 23.3. The molecule has 0 bridgehead atoms. The molecule has 0 unspecified atom stereocenters. The fourth-order valence-electron chi connectivity index (χ4n) is 2.94. The Kier molecular flexibility index (Phi) is 6.97. The number of nitrogens with one attached hydrogen (secondary N) is 1. The molecule has 2 heterocycles. The maximum Gasteiger partial charge on any atom is 0.412 e. The maximum atomic E-state index is 11.7. The topological polar surface area (TPSA) is 119 Å². The number of carboxylic acids is 1. The van der Waals surface area contributed by atoms with Gasteiger partial charge >= 0.3 is 12.1 Å². The second-order valence-corrected chi connectivity index (χ2v) is 8.20. The quantitative estimate of drug-likeness (QED) is 0.367. The van der Waals surface area contributed by atoms with Crippen LogP contribution in [0.3, 0.4) is 0 Å². The average molecular weight is 447 g/mol. The molecule has 0 aliphatic heterocycles. The molecule has 33 heavy (non-hydrogen) atoms. The molecule has 0 atom stereocenters. The van der Waals surface area contributed by atoms with E-state index in [0.717, 1.165) is 16.6 Å². The van der Waals surface area contributed by atoms with Gasteiger partial charge in [-0.3, -0.25) is 5.32 Å². The summed E-state index contributed by atoms with van der Waals surface area (Å²) in [5.74, 6) is -1.00. The lowest BCUT2D eigenvalue weighted by atomic mass is 10.0. The van der Waals surface area contributed by atoms with Crippen molar-refractivity contribution in [3.63, 3.8) is 0 Å². The lowest BCUT2D eigenvalue weighted by molar-refractivity contribution is 0.0634. The highest BCUT2D eigenvalue weighted by molar-refractivity contribution is 5.90. The minimum Gasteiger partial charge on any atom is -0.476 e. The van der Waals surface area contributed by atoms with Gasteiger partial charge in [0, 0.05) is 6.20 Å². The van der Waals surface area contributed by atoms with E-state index >= 15 is 0 Å². The highest BCUT2D eigenvalue weighted by atomic mass is 16.6. The zero-order valence-electron chi connectivity index (χ0n) is 18.6. The van der Waals surface area contributed by atoms with E-state index in [0.29, 0.717) is 11.4 Å². The van der Waals surface area contributed by atoms with Crippen LogP contribution in [0.15, 0.2) is 79.0 Å². The van der Waals surface area contributed by atoms with Gasteiger partial charge in [-0.15, -0.1) is 0 Å². The van der Waals surface area contributed by atoms with Crippen LogP contribution >= 0.6 is 0 Å². The molecular formula is C25H26N4O4. The molecule has 0 spiro atoms. The van der Waals surface area contributed by atoms with Crippen LogP contribution < -0.4 is 11.1 Å². The maximum absolute atomic E-state index is 11.7. The van der Waals surface area contributed by atoms with Crippen molar-refractivity contribution in [2.75, 3.05) is 11.1 Å². The van der Waals surface area contributed by atoms with Crippen LogP contribution in [-0.4, -0.2) is 32.4 Å². The molecule has 8 nitrogen and oxygen atoms in total. The van der Waals surface area contributed by atoms with Crippen molar-refractivity contribution in [3.05, 3.63) is 84.7 Å². The number of nitrogens with two attached hydrogens (primary N) is 1. The Balaban J connectivity index is 0.000000215. The number of hydrogen-bond acceptors (Lipinski definition) is 5. The van der Waals surface area contributed by atoms with E-state index in [4.69, 9.17) is 15.6 Å². The summed E-state index contributed by atoms with van der Waals surface area (Å²) in [5, 5.41) is 15.1. The Hall–Kier alpha value is -4.33. The van der Waals surface area contributed by atoms with E-state index in [2.05, 4.69) is 10.4 Å². The lowest BCUT2D eigenvalue weighted by Gasteiger charge is -2.20. The second-order valence-electron chi connectivity index (χ2n) is 8.20. The van der Waals surface area contributed by atoms with Crippen molar-refractivity contribution in [2.45, 2.75) is 26.4 Å². The molecule has 8 heteroatoms. The summed E-state index contributed by atoms with van der Waals surface area (Å²) < 4.78 is 6.74. The first-order valence-electron chi connectivity index (χ1n) is 10.2. The van der Waals surface area contributed by atoms with Crippen LogP contribution in [0.1, 0.15) is 31.3 Å². The molecule has 4 aromatic rings. The number of amides is 1. The van der Waals surface area contributed by atoms with Gasteiger partial charge in [0.05, 0.1) is 16.9 Å². The Morgan fingerprint density at radius 3 is 2.27 bits per heavy atom. The zero-order valence-corrected chi connectivity index (χ0v) is 18.6. The Morgan fingerprint density at radius 1 is 0.970 bits per heavy atom. The van der Waals surface area contributed by atoms with E-state index in [-0.39, 0.29) is 5.69 Å². The number of anilines is 2. The van der Waals surface area contributed by atoms with Gasteiger partial charge in [-0.05, 0) is 62.2 Å². The number of carboxylic acid groups (broad SMARTS) is 1. The van der Waals surface area contributed by atoms with E-state index in [1.165, 1.54) is 10.6 Å². The van der Waals surface area contributed by atoms with E-state index < -0.39 is 17.7 Å². The molecule has 170 valence electrons. The van der Waals surface area contributed by atoms with Gasteiger partial charge in [0.15, 0.2) is 5.69 Å². The third-order valence-electron chi connectivity index (χ3n) is 4.38. The highest BCUT2D eigenvalue weighted by Gasteiger charge is 2.17. The Labute approximate surface area is 191 Å². The molecule has 4 N–H and O–H groups in total. The summed E-state index contributed by atoms with van der Waals surface area (Å²) in [6.45, 7) is 5.44. The number of aromatic carboxylic acids is 1. The molecule has 0 fully saturated rings. The van der Waals surface area contributed by atoms with Crippen molar-refractivity contribution in [1.29, 1.82) is 0 Å². The van der Waals surface area contributed by atoms with Crippen LogP contribution in [-0.2, 0) is 4.74 Å². The number of carbonyl (C=O) groups excluding carboxylic acids is 1. The minimum atomic E-state index is -1.00. The summed E-state index contributed by atoms with van der Waals surface area (Å²) >= 11 is 0. The predicted octanol–water partition coefficient (Wildman–Crippen LogP) is 5.32. The summed E-state index contributed by atoms with van der Waals surface area (Å²) in [6.07, 6.45) is 1.20. The van der Waals surface area contributed by atoms with Gasteiger partial charge in [0.2, 0.25) is 0 Å². The van der Waals surface area contributed by atoms with Gasteiger partial charge in [0.1, 0.15) is 5.60 Å². The average Bonchev–Trinajstić information content (AvgIpc) is 3.20. The fraction of sp³-hybridized carbons (Fsp3) is 0.160. The number of benzene rings is 2. The number of ether oxygens (including phenoxy) is 1. The first-order valence-corrected chi connectivity index (χ1v) is 10.2. The van der Waals surface area contributed by atoms with Crippen LogP contribution in [0.25, 0.3) is 16.6 Å². The van der Waals surface area contributed by atoms with Crippen molar-refractivity contribution in [1.82, 2.24) is 9.61 Å². The smallest absolute Gasteiger partial charge is 0.412 e. The van der Waals surface area contributed by atoms with Crippen molar-refractivity contribution < 1.29 is 19.4 Å². The van der Waals surface area contributed by atoms with Gasteiger partial charge in [-0.1, -0.05) is 42.5 Å². The molecule has 0 aliphatic rings. The van der Waals surface area contributed by atoms with Crippen LogP contribution in [0, 0.1) is 0 Å². The number of pyridine rings is 1. The largest absolute Gasteiger partial charge is 0.476 e. The van der Waals surface area contributed by atoms with Crippen LogP contribution in [0.5, 0.6) is 0 Å². The van der Waals surface area contributed by atoms with Crippen molar-refractivity contribution in [2.24, 2.45) is 0 Å². The third kappa shape index (κ3) is 6.57. The Bertz CT molecular complexity index is 1230. The molecule has 1 amide bonds. The number of aromatic nitrogens is 2. The highest BCUT2D eigenvalue weighted by Crippen LogP contribution is 2.27. The standard InChI is InChI=1S/C17H20N2O2.C8H6N2O2/c1-17(2,3)21-16(20)19-15-10-9-13(11-14(15)18)12-7-5-4-6-8-12;11-8(12)7-5-6-3-1-2-4-10(6)9-7/h4-11H,18H2,1-3H3,(H,19,20);1-5H,(H,11,12). The molecule has 0 saturated heterocycles. The van der Waals surface area contributed by atoms with Gasteiger partial charge in [0.25, 0.3) is 0 Å².